The van der Waals surface area contributed by atoms with Gasteiger partial charge in [-0.2, -0.15) is 0 Å². The molecule has 0 radical (unpaired) electrons. The standard InChI is InChI=1S/C21H11BrN2O3/c22-14-8-5-13(6-9-14)19-23-24-20(27-19)17-11-16-15-4-2-1-3-12(15)7-10-18(16)26-21(17)25/h1-11H. The van der Waals surface area contributed by atoms with Crippen LogP contribution in [0.1, 0.15) is 0 Å². The first-order valence-electron chi connectivity index (χ1n) is 8.24. The van der Waals surface area contributed by atoms with Crippen molar-refractivity contribution in [1.29, 1.82) is 0 Å². The molecule has 0 saturated heterocycles. The third-order valence-electron chi connectivity index (χ3n) is 4.39. The van der Waals surface area contributed by atoms with E-state index in [1.165, 1.54) is 0 Å². The van der Waals surface area contributed by atoms with Crippen LogP contribution in [0.2, 0.25) is 0 Å². The van der Waals surface area contributed by atoms with Gasteiger partial charge in [0.05, 0.1) is 0 Å². The molecule has 130 valence electrons. The quantitative estimate of drug-likeness (QED) is 0.282. The highest BCUT2D eigenvalue weighted by atomic mass is 79.9. The molecule has 5 aromatic rings. The average molecular weight is 419 g/mol. The first-order valence-corrected chi connectivity index (χ1v) is 9.04. The van der Waals surface area contributed by atoms with Gasteiger partial charge in [0.15, 0.2) is 0 Å². The van der Waals surface area contributed by atoms with Crippen LogP contribution in [0.3, 0.4) is 0 Å². The summed E-state index contributed by atoms with van der Waals surface area (Å²) < 4.78 is 12.2. The van der Waals surface area contributed by atoms with Gasteiger partial charge in [-0.25, -0.2) is 4.79 Å². The maximum atomic E-state index is 12.5. The molecule has 5 rings (SSSR count). The predicted octanol–water partition coefficient (Wildman–Crippen LogP) is 5.43. The molecule has 0 fully saturated rings. The maximum absolute atomic E-state index is 12.5. The fourth-order valence-corrected chi connectivity index (χ4v) is 3.33. The Morgan fingerprint density at radius 2 is 1.56 bits per heavy atom. The number of fused-ring (bicyclic) bond motifs is 3. The molecule has 0 spiro atoms. The molecule has 2 heterocycles. The lowest BCUT2D eigenvalue weighted by molar-refractivity contribution is 0.547. The second-order valence-corrected chi connectivity index (χ2v) is 6.98. The number of rotatable bonds is 2. The Balaban J connectivity index is 1.69. The SMILES string of the molecule is O=c1oc2ccc3ccccc3c2cc1-c1nnc(-c2ccc(Br)cc2)o1. The van der Waals surface area contributed by atoms with Crippen molar-refractivity contribution in [2.45, 2.75) is 0 Å². The van der Waals surface area contributed by atoms with Gasteiger partial charge in [-0.15, -0.1) is 10.2 Å². The van der Waals surface area contributed by atoms with E-state index in [9.17, 15) is 4.79 Å². The predicted molar refractivity (Wildman–Crippen MR) is 106 cm³/mol. The van der Waals surface area contributed by atoms with Crippen LogP contribution in [0.25, 0.3) is 44.7 Å². The Bertz CT molecular complexity index is 1350. The normalized spacial score (nSPS) is 11.3. The van der Waals surface area contributed by atoms with Crippen LogP contribution in [0.5, 0.6) is 0 Å². The highest BCUT2D eigenvalue weighted by Gasteiger charge is 2.16. The monoisotopic (exact) mass is 418 g/mol. The smallest absolute Gasteiger partial charge is 0.349 e. The van der Waals surface area contributed by atoms with Gasteiger partial charge < -0.3 is 8.83 Å². The molecule has 2 aromatic heterocycles. The summed E-state index contributed by atoms with van der Waals surface area (Å²) in [4.78, 5) is 12.5. The Morgan fingerprint density at radius 1 is 0.778 bits per heavy atom. The van der Waals surface area contributed by atoms with E-state index in [1.807, 2.05) is 54.6 Å². The zero-order valence-electron chi connectivity index (χ0n) is 13.8. The minimum Gasteiger partial charge on any atom is -0.422 e. The van der Waals surface area contributed by atoms with E-state index in [2.05, 4.69) is 26.1 Å². The lowest BCUT2D eigenvalue weighted by atomic mass is 10.0. The van der Waals surface area contributed by atoms with Gasteiger partial charge in [-0.1, -0.05) is 46.3 Å². The Kier molecular flexibility index (Phi) is 3.65. The summed E-state index contributed by atoms with van der Waals surface area (Å²) in [5.41, 5.74) is 1.03. The summed E-state index contributed by atoms with van der Waals surface area (Å²) in [6.45, 7) is 0. The van der Waals surface area contributed by atoms with Crippen LogP contribution in [0.4, 0.5) is 0 Å². The summed E-state index contributed by atoms with van der Waals surface area (Å²) >= 11 is 3.39. The van der Waals surface area contributed by atoms with Gasteiger partial charge in [-0.05, 0) is 47.2 Å². The van der Waals surface area contributed by atoms with Crippen molar-refractivity contribution in [2.24, 2.45) is 0 Å². The van der Waals surface area contributed by atoms with Crippen molar-refractivity contribution in [1.82, 2.24) is 10.2 Å². The molecular weight excluding hydrogens is 408 g/mol. The van der Waals surface area contributed by atoms with E-state index in [0.29, 0.717) is 11.5 Å². The van der Waals surface area contributed by atoms with Crippen LogP contribution in [0, 0.1) is 0 Å². The summed E-state index contributed by atoms with van der Waals surface area (Å²) in [5.74, 6) is 0.478. The molecule has 0 saturated carbocycles. The van der Waals surface area contributed by atoms with Gasteiger partial charge in [0, 0.05) is 15.4 Å². The molecule has 0 aliphatic heterocycles. The first kappa shape index (κ1) is 16.0. The number of aromatic nitrogens is 2. The number of hydrogen-bond donors (Lipinski definition) is 0. The first-order chi connectivity index (χ1) is 13.2. The summed E-state index contributed by atoms with van der Waals surface area (Å²) in [6.07, 6.45) is 0. The van der Waals surface area contributed by atoms with Crippen LogP contribution in [0.15, 0.2) is 84.8 Å². The molecule has 0 aliphatic carbocycles. The molecule has 0 unspecified atom stereocenters. The largest absolute Gasteiger partial charge is 0.422 e. The zero-order chi connectivity index (χ0) is 18.4. The highest BCUT2D eigenvalue weighted by Crippen LogP contribution is 2.29. The second-order valence-electron chi connectivity index (χ2n) is 6.07. The van der Waals surface area contributed by atoms with Gasteiger partial charge in [0.25, 0.3) is 5.89 Å². The fourth-order valence-electron chi connectivity index (χ4n) is 3.06. The fraction of sp³-hybridized carbons (Fsp3) is 0. The summed E-state index contributed by atoms with van der Waals surface area (Å²) in [5, 5.41) is 11.0. The molecule has 0 amide bonds. The van der Waals surface area contributed by atoms with Gasteiger partial charge in [0.2, 0.25) is 5.89 Å². The second kappa shape index (κ2) is 6.17. The topological polar surface area (TPSA) is 69.1 Å². The molecule has 3 aromatic carbocycles. The number of benzene rings is 3. The lowest BCUT2D eigenvalue weighted by Gasteiger charge is -2.03. The summed E-state index contributed by atoms with van der Waals surface area (Å²) in [7, 11) is 0. The third-order valence-corrected chi connectivity index (χ3v) is 4.92. The van der Waals surface area contributed by atoms with E-state index in [4.69, 9.17) is 8.83 Å². The molecule has 0 N–H and O–H groups in total. The van der Waals surface area contributed by atoms with Gasteiger partial charge in [-0.3, -0.25) is 0 Å². The van der Waals surface area contributed by atoms with Crippen LogP contribution >= 0.6 is 15.9 Å². The van der Waals surface area contributed by atoms with E-state index in [0.717, 1.165) is 26.2 Å². The van der Waals surface area contributed by atoms with E-state index in [1.54, 1.807) is 12.1 Å². The van der Waals surface area contributed by atoms with Crippen molar-refractivity contribution in [3.05, 3.63) is 81.6 Å². The molecule has 6 heteroatoms. The van der Waals surface area contributed by atoms with Gasteiger partial charge >= 0.3 is 5.63 Å². The molecule has 5 nitrogen and oxygen atoms in total. The minimum atomic E-state index is -0.510. The van der Waals surface area contributed by atoms with E-state index < -0.39 is 5.63 Å². The maximum Gasteiger partial charge on any atom is 0.349 e. The lowest BCUT2D eigenvalue weighted by Crippen LogP contribution is -2.03. The van der Waals surface area contributed by atoms with E-state index in [-0.39, 0.29) is 11.5 Å². The molecule has 27 heavy (non-hydrogen) atoms. The summed E-state index contributed by atoms with van der Waals surface area (Å²) in [6, 6.07) is 20.9. The van der Waals surface area contributed by atoms with E-state index >= 15 is 0 Å². The highest BCUT2D eigenvalue weighted by molar-refractivity contribution is 9.10. The van der Waals surface area contributed by atoms with Crippen molar-refractivity contribution in [3.8, 4) is 22.9 Å². The molecule has 0 atom stereocenters. The minimum absolute atomic E-state index is 0.136. The molecule has 0 bridgehead atoms. The Hall–Kier alpha value is -3.25. The number of halogens is 1. The third kappa shape index (κ3) is 2.74. The number of nitrogens with zero attached hydrogens (tertiary/aromatic N) is 2. The van der Waals surface area contributed by atoms with Crippen molar-refractivity contribution in [3.63, 3.8) is 0 Å². The van der Waals surface area contributed by atoms with Crippen LogP contribution in [-0.2, 0) is 0 Å². The van der Waals surface area contributed by atoms with Crippen molar-refractivity contribution < 1.29 is 8.83 Å². The Morgan fingerprint density at radius 3 is 2.41 bits per heavy atom. The van der Waals surface area contributed by atoms with Crippen molar-refractivity contribution >= 4 is 37.7 Å². The van der Waals surface area contributed by atoms with Crippen LogP contribution in [-0.4, -0.2) is 10.2 Å². The number of hydrogen-bond acceptors (Lipinski definition) is 5. The Labute approximate surface area is 161 Å². The molecular formula is C21H11BrN2O3. The van der Waals surface area contributed by atoms with Crippen molar-refractivity contribution in [2.75, 3.05) is 0 Å². The average Bonchev–Trinajstić information content (AvgIpc) is 3.17. The van der Waals surface area contributed by atoms with Gasteiger partial charge in [0.1, 0.15) is 11.1 Å². The zero-order valence-corrected chi connectivity index (χ0v) is 15.4. The molecule has 0 aliphatic rings. The van der Waals surface area contributed by atoms with Crippen LogP contribution < -0.4 is 5.63 Å².